The maximum atomic E-state index is 12.3. The van der Waals surface area contributed by atoms with E-state index in [0.717, 1.165) is 38.0 Å². The highest BCUT2D eigenvalue weighted by Crippen LogP contribution is 2.17. The van der Waals surface area contributed by atoms with Crippen molar-refractivity contribution in [3.63, 3.8) is 0 Å². The van der Waals surface area contributed by atoms with Crippen LogP contribution in [0.3, 0.4) is 0 Å². The van der Waals surface area contributed by atoms with Crippen LogP contribution in [0, 0.1) is 12.8 Å². The van der Waals surface area contributed by atoms with Crippen LogP contribution < -0.4 is 11.1 Å². The first-order valence-electron chi connectivity index (χ1n) is 9.48. The number of nitrogens with two attached hydrogens (primary N) is 1. The minimum absolute atomic E-state index is 0. The number of carbonyl (C=O) groups is 1. The fourth-order valence-corrected chi connectivity index (χ4v) is 3.49. The van der Waals surface area contributed by atoms with Gasteiger partial charge < -0.3 is 16.0 Å². The Morgan fingerprint density at radius 2 is 1.82 bits per heavy atom. The molecular weight excluding hydrogens is 393 g/mol. The zero-order valence-electron chi connectivity index (χ0n) is 16.3. The predicted molar refractivity (Wildman–Crippen MR) is 120 cm³/mol. The largest absolute Gasteiger partial charge is 0.354 e. The molecule has 1 saturated heterocycles. The summed E-state index contributed by atoms with van der Waals surface area (Å²) in [6.07, 6.45) is 2.22. The molecule has 28 heavy (non-hydrogen) atoms. The Morgan fingerprint density at radius 3 is 2.50 bits per heavy atom. The molecule has 1 aliphatic rings. The fraction of sp³-hybridized carbons (Fsp3) is 0.409. The molecule has 6 heteroatoms. The lowest BCUT2D eigenvalue weighted by atomic mass is 10.0. The van der Waals surface area contributed by atoms with Crippen molar-refractivity contribution in [3.8, 4) is 0 Å². The highest BCUT2D eigenvalue weighted by Gasteiger charge is 2.23. The molecule has 1 amide bonds. The third-order valence-electron chi connectivity index (χ3n) is 5.21. The molecule has 2 unspecified atom stereocenters. The number of halogens is 2. The van der Waals surface area contributed by atoms with E-state index in [-0.39, 0.29) is 30.7 Å². The number of nitrogens with zero attached hydrogens (tertiary/aromatic N) is 1. The smallest absolute Gasteiger partial charge is 0.241 e. The number of likely N-dealkylation sites (tertiary alicyclic amines) is 1. The van der Waals surface area contributed by atoms with Gasteiger partial charge in [-0.25, -0.2) is 0 Å². The Kier molecular flexibility index (Phi) is 10.5. The quantitative estimate of drug-likeness (QED) is 0.715. The molecule has 0 spiro atoms. The minimum atomic E-state index is -0.591. The van der Waals surface area contributed by atoms with Crippen molar-refractivity contribution in [1.29, 1.82) is 0 Å². The molecule has 1 fully saturated rings. The van der Waals surface area contributed by atoms with Crippen molar-refractivity contribution in [2.24, 2.45) is 11.7 Å². The zero-order chi connectivity index (χ0) is 18.4. The molecule has 0 radical (unpaired) electrons. The first kappa shape index (κ1) is 24.4. The summed E-state index contributed by atoms with van der Waals surface area (Å²) < 4.78 is 0. The second kappa shape index (κ2) is 12.1. The third kappa shape index (κ3) is 7.10. The average molecular weight is 424 g/mol. The van der Waals surface area contributed by atoms with Gasteiger partial charge >= 0.3 is 0 Å². The van der Waals surface area contributed by atoms with Crippen molar-refractivity contribution in [3.05, 3.63) is 71.3 Å². The van der Waals surface area contributed by atoms with Crippen molar-refractivity contribution >= 4 is 30.7 Å². The maximum Gasteiger partial charge on any atom is 0.241 e. The van der Waals surface area contributed by atoms with Crippen LogP contribution in [-0.2, 0) is 11.2 Å². The second-order valence-electron chi connectivity index (χ2n) is 7.32. The minimum Gasteiger partial charge on any atom is -0.354 e. The van der Waals surface area contributed by atoms with E-state index in [1.165, 1.54) is 11.1 Å². The van der Waals surface area contributed by atoms with Gasteiger partial charge in [0.1, 0.15) is 6.04 Å². The summed E-state index contributed by atoms with van der Waals surface area (Å²) in [5, 5.41) is 3.04. The van der Waals surface area contributed by atoms with Gasteiger partial charge in [-0.05, 0) is 43.4 Å². The molecule has 1 aliphatic heterocycles. The number of carbonyl (C=O) groups excluding carboxylic acids is 1. The topological polar surface area (TPSA) is 58.4 Å². The Morgan fingerprint density at radius 1 is 1.14 bits per heavy atom. The zero-order valence-corrected chi connectivity index (χ0v) is 18.0. The van der Waals surface area contributed by atoms with E-state index in [1.54, 1.807) is 0 Å². The van der Waals surface area contributed by atoms with Crippen LogP contribution in [0.15, 0.2) is 54.6 Å². The second-order valence-corrected chi connectivity index (χ2v) is 7.32. The van der Waals surface area contributed by atoms with Crippen LogP contribution in [-0.4, -0.2) is 37.0 Å². The van der Waals surface area contributed by atoms with Gasteiger partial charge in [-0.1, -0.05) is 60.2 Å². The van der Waals surface area contributed by atoms with Gasteiger partial charge in [-0.2, -0.15) is 0 Å². The van der Waals surface area contributed by atoms with E-state index in [4.69, 9.17) is 5.73 Å². The van der Waals surface area contributed by atoms with E-state index < -0.39 is 6.04 Å². The van der Waals surface area contributed by atoms with Gasteiger partial charge in [0.05, 0.1) is 0 Å². The molecule has 0 bridgehead atoms. The average Bonchev–Trinajstić information content (AvgIpc) is 3.13. The summed E-state index contributed by atoms with van der Waals surface area (Å²) in [5.41, 5.74) is 9.51. The summed E-state index contributed by atoms with van der Waals surface area (Å²) in [4.78, 5) is 14.8. The number of nitrogens with one attached hydrogen (secondary N) is 1. The standard InChI is InChI=1S/C22H29N3O.2ClH/c1-17-7-9-20(10-8-17)21(23)22(26)24-15-19-12-14-25(16-19)13-11-18-5-3-2-4-6-18;;/h2-10,19,21H,11-16,23H2,1H3,(H,24,26);2*1H. The Balaban J connectivity index is 0.00000196. The van der Waals surface area contributed by atoms with Gasteiger partial charge in [0, 0.05) is 19.6 Å². The Bertz CT molecular complexity index is 709. The molecule has 2 aromatic carbocycles. The van der Waals surface area contributed by atoms with E-state index in [1.807, 2.05) is 31.2 Å². The lowest BCUT2D eigenvalue weighted by Gasteiger charge is -2.17. The molecule has 154 valence electrons. The predicted octanol–water partition coefficient (Wildman–Crippen LogP) is 3.52. The van der Waals surface area contributed by atoms with Crippen LogP contribution >= 0.6 is 24.8 Å². The van der Waals surface area contributed by atoms with Crippen molar-refractivity contribution < 1.29 is 4.79 Å². The lowest BCUT2D eigenvalue weighted by molar-refractivity contribution is -0.122. The monoisotopic (exact) mass is 423 g/mol. The first-order chi connectivity index (χ1) is 12.6. The molecule has 4 nitrogen and oxygen atoms in total. The van der Waals surface area contributed by atoms with Crippen LogP contribution in [0.4, 0.5) is 0 Å². The molecule has 0 aromatic heterocycles. The van der Waals surface area contributed by atoms with Gasteiger partial charge in [-0.15, -0.1) is 24.8 Å². The third-order valence-corrected chi connectivity index (χ3v) is 5.21. The Labute approximate surface area is 180 Å². The maximum absolute atomic E-state index is 12.3. The summed E-state index contributed by atoms with van der Waals surface area (Å²) in [6.45, 7) is 5.97. The fourth-order valence-electron chi connectivity index (χ4n) is 3.49. The highest BCUT2D eigenvalue weighted by molar-refractivity contribution is 5.85. The van der Waals surface area contributed by atoms with Gasteiger partial charge in [0.25, 0.3) is 0 Å². The molecular formula is C22H31Cl2N3O. The van der Waals surface area contributed by atoms with Gasteiger partial charge in [0.15, 0.2) is 0 Å². The summed E-state index contributed by atoms with van der Waals surface area (Å²) in [7, 11) is 0. The molecule has 2 aromatic rings. The van der Waals surface area contributed by atoms with E-state index in [9.17, 15) is 4.79 Å². The number of benzene rings is 2. The molecule has 2 atom stereocenters. The number of amides is 1. The molecule has 0 saturated carbocycles. The van der Waals surface area contributed by atoms with Crippen molar-refractivity contribution in [1.82, 2.24) is 10.2 Å². The highest BCUT2D eigenvalue weighted by atomic mass is 35.5. The molecule has 3 rings (SSSR count). The number of hydrogen-bond acceptors (Lipinski definition) is 3. The van der Waals surface area contributed by atoms with Crippen LogP contribution in [0.1, 0.15) is 29.2 Å². The van der Waals surface area contributed by atoms with E-state index in [0.29, 0.717) is 12.5 Å². The number of rotatable bonds is 7. The number of hydrogen-bond donors (Lipinski definition) is 2. The van der Waals surface area contributed by atoms with Crippen LogP contribution in [0.25, 0.3) is 0 Å². The van der Waals surface area contributed by atoms with Gasteiger partial charge in [0.2, 0.25) is 5.91 Å². The van der Waals surface area contributed by atoms with E-state index in [2.05, 4.69) is 40.5 Å². The summed E-state index contributed by atoms with van der Waals surface area (Å²) >= 11 is 0. The first-order valence-corrected chi connectivity index (χ1v) is 9.48. The van der Waals surface area contributed by atoms with E-state index >= 15 is 0 Å². The van der Waals surface area contributed by atoms with Crippen molar-refractivity contribution in [2.45, 2.75) is 25.8 Å². The molecule has 0 aliphatic carbocycles. The Hall–Kier alpha value is -1.59. The van der Waals surface area contributed by atoms with Gasteiger partial charge in [-0.3, -0.25) is 4.79 Å². The molecule has 1 heterocycles. The van der Waals surface area contributed by atoms with Crippen LogP contribution in [0.5, 0.6) is 0 Å². The summed E-state index contributed by atoms with van der Waals surface area (Å²) in [5.74, 6) is 0.427. The SMILES string of the molecule is Cc1ccc(C(N)C(=O)NCC2CCN(CCc3ccccc3)C2)cc1.Cl.Cl. The lowest BCUT2D eigenvalue weighted by Crippen LogP contribution is -2.37. The number of aryl methyl sites for hydroxylation is 1. The van der Waals surface area contributed by atoms with Crippen LogP contribution in [0.2, 0.25) is 0 Å². The summed E-state index contributed by atoms with van der Waals surface area (Å²) in [6, 6.07) is 17.9. The van der Waals surface area contributed by atoms with Crippen molar-refractivity contribution in [2.75, 3.05) is 26.2 Å². The normalized spacial score (nSPS) is 17.3. The molecule has 3 N–H and O–H groups in total.